The molecular weight excluding hydrogens is 396 g/mol. The highest BCUT2D eigenvalue weighted by Crippen LogP contribution is 2.44. The van der Waals surface area contributed by atoms with Gasteiger partial charge >= 0.3 is 5.97 Å². The first-order valence-corrected chi connectivity index (χ1v) is 10.1. The number of esters is 1. The van der Waals surface area contributed by atoms with E-state index in [0.29, 0.717) is 35.8 Å². The van der Waals surface area contributed by atoms with Crippen molar-refractivity contribution in [2.24, 2.45) is 0 Å². The Morgan fingerprint density at radius 2 is 2.03 bits per heavy atom. The van der Waals surface area contributed by atoms with Gasteiger partial charge in [0.1, 0.15) is 12.2 Å². The number of methoxy groups -OCH3 is 1. The monoisotopic (exact) mass is 426 g/mol. The van der Waals surface area contributed by atoms with Crippen LogP contribution in [-0.2, 0) is 19.0 Å². The minimum atomic E-state index is -2.05. The second-order valence-electron chi connectivity index (χ2n) is 7.74. The topological polar surface area (TPSA) is 113 Å². The summed E-state index contributed by atoms with van der Waals surface area (Å²) < 4.78 is 33.7. The van der Waals surface area contributed by atoms with E-state index in [1.165, 1.54) is 21.0 Å². The van der Waals surface area contributed by atoms with Gasteiger partial charge in [-0.05, 0) is 57.7 Å². The number of benzene rings is 1. The molecular formula is C21H30O9. The molecule has 0 aromatic heterocycles. The van der Waals surface area contributed by atoms with Gasteiger partial charge in [-0.1, -0.05) is 0 Å². The van der Waals surface area contributed by atoms with E-state index in [0.717, 1.165) is 12.8 Å². The van der Waals surface area contributed by atoms with Gasteiger partial charge in [-0.15, -0.1) is 0 Å². The molecule has 1 fully saturated rings. The Hall–Kier alpha value is -2.07. The summed E-state index contributed by atoms with van der Waals surface area (Å²) in [7, 11) is 1.52. The number of carbonyl (C=O) groups is 1. The number of hydrogen-bond donors (Lipinski definition) is 2. The highest BCUT2D eigenvalue weighted by Gasteiger charge is 2.40. The molecule has 1 saturated heterocycles. The van der Waals surface area contributed by atoms with E-state index in [9.17, 15) is 15.0 Å². The molecule has 1 aromatic carbocycles. The molecule has 2 aliphatic heterocycles. The second-order valence-corrected chi connectivity index (χ2v) is 7.74. The minimum Gasteiger partial charge on any atom is -0.493 e. The van der Waals surface area contributed by atoms with Crippen molar-refractivity contribution in [3.63, 3.8) is 0 Å². The molecule has 1 aromatic rings. The van der Waals surface area contributed by atoms with Crippen LogP contribution in [0.2, 0.25) is 0 Å². The summed E-state index contributed by atoms with van der Waals surface area (Å²) in [6.45, 7) is 4.84. The van der Waals surface area contributed by atoms with Crippen molar-refractivity contribution in [1.29, 1.82) is 0 Å². The third-order valence-electron chi connectivity index (χ3n) is 5.39. The highest BCUT2D eigenvalue weighted by atomic mass is 16.7. The fourth-order valence-electron chi connectivity index (χ4n) is 3.28. The second kappa shape index (κ2) is 9.38. The fraction of sp³-hybridized carbons (Fsp3) is 0.667. The van der Waals surface area contributed by atoms with Crippen LogP contribution in [0.25, 0.3) is 0 Å². The predicted octanol–water partition coefficient (Wildman–Crippen LogP) is 2.07. The molecule has 30 heavy (non-hydrogen) atoms. The van der Waals surface area contributed by atoms with E-state index >= 15 is 0 Å². The number of rotatable bonds is 8. The molecule has 2 aliphatic rings. The number of aliphatic hydroxyl groups excluding tert-OH is 1. The van der Waals surface area contributed by atoms with E-state index in [1.807, 2.05) is 0 Å². The van der Waals surface area contributed by atoms with Crippen LogP contribution in [0.15, 0.2) is 12.1 Å². The van der Waals surface area contributed by atoms with Crippen molar-refractivity contribution in [3.05, 3.63) is 17.7 Å². The first-order chi connectivity index (χ1) is 14.2. The van der Waals surface area contributed by atoms with Crippen LogP contribution in [0.4, 0.5) is 0 Å². The Balaban J connectivity index is 1.88. The normalized spacial score (nSPS) is 23.2. The number of hydrogen-bond acceptors (Lipinski definition) is 9. The lowest BCUT2D eigenvalue weighted by molar-refractivity contribution is -0.220. The fourth-order valence-corrected chi connectivity index (χ4v) is 3.28. The first kappa shape index (κ1) is 22.6. The molecule has 0 radical (unpaired) electrons. The van der Waals surface area contributed by atoms with Crippen LogP contribution in [0.5, 0.6) is 17.2 Å². The molecule has 3 rings (SSSR count). The van der Waals surface area contributed by atoms with Gasteiger partial charge in [0.2, 0.25) is 12.5 Å². The van der Waals surface area contributed by atoms with Crippen LogP contribution in [0.3, 0.4) is 0 Å². The quantitative estimate of drug-likeness (QED) is 0.603. The highest BCUT2D eigenvalue weighted by molar-refractivity contribution is 5.79. The van der Waals surface area contributed by atoms with Crippen molar-refractivity contribution in [3.8, 4) is 17.2 Å². The number of carbonyl (C=O) groups excluding carboxylic acids is 1. The molecule has 168 valence electrons. The average molecular weight is 426 g/mol. The zero-order chi connectivity index (χ0) is 21.9. The third kappa shape index (κ3) is 4.80. The molecule has 5 atom stereocenters. The molecule has 0 saturated carbocycles. The Labute approximate surface area is 175 Å². The summed E-state index contributed by atoms with van der Waals surface area (Å²) >= 11 is 0. The van der Waals surface area contributed by atoms with E-state index < -0.39 is 36.2 Å². The van der Waals surface area contributed by atoms with Gasteiger partial charge in [0.25, 0.3) is 0 Å². The Morgan fingerprint density at radius 3 is 2.67 bits per heavy atom. The summed E-state index contributed by atoms with van der Waals surface area (Å²) in [6.07, 6.45) is -0.660. The van der Waals surface area contributed by atoms with Gasteiger partial charge in [-0.2, -0.15) is 0 Å². The molecule has 1 unspecified atom stereocenters. The Kier molecular flexibility index (Phi) is 7.07. The SMILES string of the molecule is COc1cc([C@@H](OC2CCCCO2)[C@H](C)OC(=O)[C@](C)(O)[C@H](C)O)cc2c1OCO2. The summed E-state index contributed by atoms with van der Waals surface area (Å²) in [5, 5.41) is 20.0. The van der Waals surface area contributed by atoms with Crippen LogP contribution >= 0.6 is 0 Å². The maximum absolute atomic E-state index is 12.5. The van der Waals surface area contributed by atoms with Gasteiger partial charge in [-0.3, -0.25) is 0 Å². The standard InChI is InChI=1S/C21H30O9/c1-12(29-20(23)21(3,24)13(2)22)18(30-17-7-5-6-8-26-17)14-9-15(25-4)19-16(10-14)27-11-28-19/h9-10,12-13,17-18,22,24H,5-8,11H2,1-4H3/t12-,13-,17?,18-,21+/m0/s1. The molecule has 0 bridgehead atoms. The Bertz CT molecular complexity index is 740. The van der Waals surface area contributed by atoms with Crippen molar-refractivity contribution in [2.75, 3.05) is 20.5 Å². The lowest BCUT2D eigenvalue weighted by atomic mass is 10.00. The minimum absolute atomic E-state index is 0.0776. The van der Waals surface area contributed by atoms with Crippen LogP contribution < -0.4 is 14.2 Å². The summed E-state index contributed by atoms with van der Waals surface area (Å²) in [5.41, 5.74) is -1.41. The van der Waals surface area contributed by atoms with Crippen molar-refractivity contribution >= 4 is 5.97 Å². The molecule has 0 spiro atoms. The maximum atomic E-state index is 12.5. The van der Waals surface area contributed by atoms with Gasteiger partial charge in [0.15, 0.2) is 23.4 Å². The van der Waals surface area contributed by atoms with Gasteiger partial charge < -0.3 is 38.6 Å². The van der Waals surface area contributed by atoms with Crippen LogP contribution in [0, 0.1) is 0 Å². The Morgan fingerprint density at radius 1 is 1.27 bits per heavy atom. The van der Waals surface area contributed by atoms with E-state index in [-0.39, 0.29) is 6.79 Å². The van der Waals surface area contributed by atoms with Crippen molar-refractivity contribution in [2.45, 2.75) is 70.2 Å². The zero-order valence-electron chi connectivity index (χ0n) is 17.8. The van der Waals surface area contributed by atoms with Crippen LogP contribution in [0.1, 0.15) is 51.7 Å². The largest absolute Gasteiger partial charge is 0.493 e. The van der Waals surface area contributed by atoms with E-state index in [4.69, 9.17) is 28.4 Å². The third-order valence-corrected chi connectivity index (χ3v) is 5.39. The number of ether oxygens (including phenoxy) is 6. The average Bonchev–Trinajstić information content (AvgIpc) is 3.20. The summed E-state index contributed by atoms with van der Waals surface area (Å²) in [5.74, 6) is 0.510. The lowest BCUT2D eigenvalue weighted by Gasteiger charge is -2.33. The molecule has 2 N–H and O–H groups in total. The van der Waals surface area contributed by atoms with Gasteiger partial charge in [0, 0.05) is 6.61 Å². The number of fused-ring (bicyclic) bond motifs is 1. The molecule has 2 heterocycles. The van der Waals surface area contributed by atoms with E-state index in [2.05, 4.69) is 0 Å². The summed E-state index contributed by atoms with van der Waals surface area (Å²) in [6, 6.07) is 3.48. The molecule has 0 amide bonds. The first-order valence-electron chi connectivity index (χ1n) is 10.1. The smallest absolute Gasteiger partial charge is 0.340 e. The number of aliphatic hydroxyl groups is 2. The lowest BCUT2D eigenvalue weighted by Crippen LogP contribution is -2.48. The van der Waals surface area contributed by atoms with E-state index in [1.54, 1.807) is 19.1 Å². The predicted molar refractivity (Wildman–Crippen MR) is 104 cm³/mol. The van der Waals surface area contributed by atoms with Gasteiger partial charge in [-0.25, -0.2) is 4.79 Å². The zero-order valence-corrected chi connectivity index (χ0v) is 17.8. The molecule has 0 aliphatic carbocycles. The van der Waals surface area contributed by atoms with Crippen molar-refractivity contribution in [1.82, 2.24) is 0 Å². The van der Waals surface area contributed by atoms with Crippen LogP contribution in [-0.4, -0.2) is 60.8 Å². The maximum Gasteiger partial charge on any atom is 0.340 e. The van der Waals surface area contributed by atoms with Gasteiger partial charge in [0.05, 0.1) is 13.2 Å². The molecule has 9 heteroatoms. The molecule has 9 nitrogen and oxygen atoms in total. The van der Waals surface area contributed by atoms with Crippen molar-refractivity contribution < 1.29 is 43.4 Å². The summed E-state index contributed by atoms with van der Waals surface area (Å²) in [4.78, 5) is 12.5.